The van der Waals surface area contributed by atoms with Crippen molar-refractivity contribution in [1.29, 1.82) is 0 Å². The first kappa shape index (κ1) is 11.5. The van der Waals surface area contributed by atoms with Crippen molar-refractivity contribution < 1.29 is 9.18 Å². The number of nitrogen functional groups attached to an aromatic ring is 1. The highest BCUT2D eigenvalue weighted by Gasteiger charge is 2.10. The lowest BCUT2D eigenvalue weighted by atomic mass is 10.2. The van der Waals surface area contributed by atoms with E-state index >= 15 is 0 Å². The Labute approximate surface area is 101 Å². The van der Waals surface area contributed by atoms with Crippen LogP contribution in [0.25, 0.3) is 0 Å². The Morgan fingerprint density at radius 1 is 1.53 bits per heavy atom. The van der Waals surface area contributed by atoms with E-state index in [4.69, 9.17) is 5.73 Å². The van der Waals surface area contributed by atoms with Gasteiger partial charge in [-0.1, -0.05) is 0 Å². The Morgan fingerprint density at radius 2 is 2.29 bits per heavy atom. The van der Waals surface area contributed by atoms with Crippen LogP contribution in [0.2, 0.25) is 0 Å². The maximum absolute atomic E-state index is 12.9. The summed E-state index contributed by atoms with van der Waals surface area (Å²) in [4.78, 5) is 15.9. The summed E-state index contributed by atoms with van der Waals surface area (Å²) >= 11 is 1.33. The molecule has 88 valence electrons. The lowest BCUT2D eigenvalue weighted by Gasteiger charge is -2.03. The van der Waals surface area contributed by atoms with Crippen molar-refractivity contribution in [3.8, 4) is 0 Å². The number of halogens is 1. The number of aryl methyl sites for hydroxylation is 1. The average molecular weight is 251 g/mol. The molecule has 1 aromatic heterocycles. The number of thiazole rings is 1. The first-order valence-corrected chi connectivity index (χ1v) is 5.73. The molecule has 0 bridgehead atoms. The quantitative estimate of drug-likeness (QED) is 0.805. The molecular formula is C11H10FN3OS. The number of nitrogens with one attached hydrogen (secondary N) is 1. The number of amides is 1. The summed E-state index contributed by atoms with van der Waals surface area (Å²) in [6.07, 6.45) is 0. The van der Waals surface area contributed by atoms with Crippen molar-refractivity contribution in [2.75, 3.05) is 11.1 Å². The standard InChI is InChI=1S/C11H10FN3OS/c1-6-5-17-11(14-6)15-10(16)7-2-3-8(12)9(13)4-7/h2-5H,13H2,1H3,(H,14,15,16). The van der Waals surface area contributed by atoms with Gasteiger partial charge >= 0.3 is 0 Å². The number of hydrogen-bond donors (Lipinski definition) is 2. The Bertz CT molecular complexity index is 568. The summed E-state index contributed by atoms with van der Waals surface area (Å²) in [5, 5.41) is 4.95. The molecule has 1 heterocycles. The molecule has 0 aliphatic rings. The molecule has 17 heavy (non-hydrogen) atoms. The van der Waals surface area contributed by atoms with Crippen LogP contribution in [-0.2, 0) is 0 Å². The van der Waals surface area contributed by atoms with E-state index in [1.165, 1.54) is 23.5 Å². The highest BCUT2D eigenvalue weighted by molar-refractivity contribution is 7.13. The van der Waals surface area contributed by atoms with E-state index < -0.39 is 5.82 Å². The smallest absolute Gasteiger partial charge is 0.257 e. The molecule has 0 aliphatic carbocycles. The van der Waals surface area contributed by atoms with E-state index in [1.807, 2.05) is 12.3 Å². The normalized spacial score (nSPS) is 10.2. The molecule has 0 fully saturated rings. The van der Waals surface area contributed by atoms with Gasteiger partial charge in [0.1, 0.15) is 5.82 Å². The van der Waals surface area contributed by atoms with E-state index in [0.717, 1.165) is 11.8 Å². The number of rotatable bonds is 2. The molecule has 4 nitrogen and oxygen atoms in total. The minimum atomic E-state index is -0.536. The van der Waals surface area contributed by atoms with E-state index in [-0.39, 0.29) is 11.6 Å². The summed E-state index contributed by atoms with van der Waals surface area (Å²) < 4.78 is 12.9. The zero-order chi connectivity index (χ0) is 12.4. The van der Waals surface area contributed by atoms with Gasteiger partial charge < -0.3 is 5.73 Å². The third-order valence-electron chi connectivity index (χ3n) is 2.10. The zero-order valence-corrected chi connectivity index (χ0v) is 9.84. The number of benzene rings is 1. The molecule has 0 atom stereocenters. The number of carbonyl (C=O) groups excluding carboxylic acids is 1. The van der Waals surface area contributed by atoms with Gasteiger partial charge in [-0.05, 0) is 25.1 Å². The Kier molecular flexibility index (Phi) is 3.06. The third-order valence-corrected chi connectivity index (χ3v) is 2.97. The van der Waals surface area contributed by atoms with Gasteiger partial charge in [0.05, 0.1) is 11.4 Å². The van der Waals surface area contributed by atoms with E-state index in [1.54, 1.807) is 0 Å². The van der Waals surface area contributed by atoms with Crippen LogP contribution in [0.1, 0.15) is 16.1 Å². The number of hydrogen-bond acceptors (Lipinski definition) is 4. The highest BCUT2D eigenvalue weighted by atomic mass is 32.1. The second kappa shape index (κ2) is 4.50. The average Bonchev–Trinajstić information content (AvgIpc) is 2.68. The first-order valence-electron chi connectivity index (χ1n) is 4.85. The topological polar surface area (TPSA) is 68.0 Å². The fourth-order valence-electron chi connectivity index (χ4n) is 1.27. The van der Waals surface area contributed by atoms with Crippen LogP contribution in [0.3, 0.4) is 0 Å². The molecule has 0 aliphatic heterocycles. The third kappa shape index (κ3) is 2.59. The summed E-state index contributed by atoms with van der Waals surface area (Å²) in [5.41, 5.74) is 6.48. The van der Waals surface area contributed by atoms with E-state index in [9.17, 15) is 9.18 Å². The highest BCUT2D eigenvalue weighted by Crippen LogP contribution is 2.17. The van der Waals surface area contributed by atoms with Gasteiger partial charge in [0.25, 0.3) is 5.91 Å². The fourth-order valence-corrected chi connectivity index (χ4v) is 1.95. The van der Waals surface area contributed by atoms with Crippen LogP contribution in [-0.4, -0.2) is 10.9 Å². The predicted molar refractivity (Wildman–Crippen MR) is 65.6 cm³/mol. The van der Waals surface area contributed by atoms with Gasteiger partial charge in [-0.3, -0.25) is 10.1 Å². The molecule has 0 saturated carbocycles. The number of carbonyl (C=O) groups is 1. The lowest BCUT2D eigenvalue weighted by Crippen LogP contribution is -2.12. The Balaban J connectivity index is 2.17. The van der Waals surface area contributed by atoms with Crippen LogP contribution >= 0.6 is 11.3 Å². The summed E-state index contributed by atoms with van der Waals surface area (Å²) in [5.74, 6) is -0.891. The maximum atomic E-state index is 12.9. The summed E-state index contributed by atoms with van der Waals surface area (Å²) in [6.45, 7) is 1.84. The van der Waals surface area contributed by atoms with Gasteiger partial charge in [-0.15, -0.1) is 11.3 Å². The van der Waals surface area contributed by atoms with Gasteiger partial charge in [-0.2, -0.15) is 0 Å². The van der Waals surface area contributed by atoms with Crippen molar-refractivity contribution in [1.82, 2.24) is 4.98 Å². The number of aromatic nitrogens is 1. The van der Waals surface area contributed by atoms with Crippen molar-refractivity contribution in [3.05, 3.63) is 40.7 Å². The Hall–Kier alpha value is -1.95. The van der Waals surface area contributed by atoms with Crippen molar-refractivity contribution >= 4 is 28.1 Å². The number of nitrogens with two attached hydrogens (primary N) is 1. The van der Waals surface area contributed by atoms with Crippen LogP contribution in [0.15, 0.2) is 23.6 Å². The van der Waals surface area contributed by atoms with Crippen molar-refractivity contribution in [3.63, 3.8) is 0 Å². The van der Waals surface area contributed by atoms with Crippen molar-refractivity contribution in [2.24, 2.45) is 0 Å². The molecule has 6 heteroatoms. The van der Waals surface area contributed by atoms with Crippen LogP contribution in [0.5, 0.6) is 0 Å². The molecule has 0 unspecified atom stereocenters. The fraction of sp³-hybridized carbons (Fsp3) is 0.0909. The predicted octanol–water partition coefficient (Wildman–Crippen LogP) is 2.43. The second-order valence-electron chi connectivity index (χ2n) is 3.48. The molecule has 1 aromatic carbocycles. The van der Waals surface area contributed by atoms with Gasteiger partial charge in [0.15, 0.2) is 5.13 Å². The zero-order valence-electron chi connectivity index (χ0n) is 9.03. The van der Waals surface area contributed by atoms with Gasteiger partial charge in [0, 0.05) is 10.9 Å². The molecule has 1 amide bonds. The lowest BCUT2D eigenvalue weighted by molar-refractivity contribution is 0.102. The van der Waals surface area contributed by atoms with Crippen LogP contribution < -0.4 is 11.1 Å². The van der Waals surface area contributed by atoms with E-state index in [2.05, 4.69) is 10.3 Å². The number of anilines is 2. The summed E-state index contributed by atoms with van der Waals surface area (Å²) in [6, 6.07) is 3.84. The minimum absolute atomic E-state index is 0.0482. The molecule has 2 aromatic rings. The SMILES string of the molecule is Cc1csc(NC(=O)c2ccc(F)c(N)c2)n1. The van der Waals surface area contributed by atoms with Crippen LogP contribution in [0.4, 0.5) is 15.2 Å². The molecule has 0 saturated heterocycles. The van der Waals surface area contributed by atoms with Crippen molar-refractivity contribution in [2.45, 2.75) is 6.92 Å². The molecular weight excluding hydrogens is 241 g/mol. The molecule has 3 N–H and O–H groups in total. The Morgan fingerprint density at radius 3 is 2.88 bits per heavy atom. The van der Waals surface area contributed by atoms with Gasteiger partial charge in [-0.25, -0.2) is 9.37 Å². The monoisotopic (exact) mass is 251 g/mol. The minimum Gasteiger partial charge on any atom is -0.396 e. The molecule has 0 spiro atoms. The molecule has 0 radical (unpaired) electrons. The van der Waals surface area contributed by atoms with E-state index in [0.29, 0.717) is 10.7 Å². The largest absolute Gasteiger partial charge is 0.396 e. The van der Waals surface area contributed by atoms with Gasteiger partial charge in [0.2, 0.25) is 0 Å². The second-order valence-corrected chi connectivity index (χ2v) is 4.34. The van der Waals surface area contributed by atoms with Crippen LogP contribution in [0, 0.1) is 12.7 Å². The maximum Gasteiger partial charge on any atom is 0.257 e. The first-order chi connectivity index (χ1) is 8.06. The summed E-state index contributed by atoms with van der Waals surface area (Å²) in [7, 11) is 0. The number of nitrogens with zero attached hydrogens (tertiary/aromatic N) is 1. The molecule has 2 rings (SSSR count).